The van der Waals surface area contributed by atoms with Gasteiger partial charge in [0.2, 0.25) is 5.54 Å². The van der Waals surface area contributed by atoms with Gasteiger partial charge >= 0.3 is 0 Å². The van der Waals surface area contributed by atoms with Crippen LogP contribution >= 0.6 is 0 Å². The van der Waals surface area contributed by atoms with Gasteiger partial charge in [-0.25, -0.2) is 0 Å². The van der Waals surface area contributed by atoms with E-state index in [-0.39, 0.29) is 0 Å². The Kier molecular flexibility index (Phi) is 3.09. The molecule has 0 saturated heterocycles. The molecule has 1 rings (SSSR count). The van der Waals surface area contributed by atoms with Crippen molar-refractivity contribution in [3.63, 3.8) is 0 Å². The maximum absolute atomic E-state index is 10.7. The second-order valence-corrected chi connectivity index (χ2v) is 4.22. The summed E-state index contributed by atoms with van der Waals surface area (Å²) in [5.74, 6) is 0. The molecule has 0 aliphatic rings. The van der Waals surface area contributed by atoms with Crippen molar-refractivity contribution in [2.24, 2.45) is 0 Å². The number of hydrogen-bond acceptors (Lipinski definition) is 3. The lowest BCUT2D eigenvalue weighted by Crippen LogP contribution is -2.38. The average Bonchev–Trinajstić information content (AvgIpc) is 2.17. The van der Waals surface area contributed by atoms with Crippen molar-refractivity contribution in [3.05, 3.63) is 45.5 Å². The zero-order valence-electron chi connectivity index (χ0n) is 9.10. The van der Waals surface area contributed by atoms with Crippen LogP contribution in [-0.4, -0.2) is 15.6 Å². The lowest BCUT2D eigenvalue weighted by atomic mass is 9.92. The first-order valence-corrected chi connectivity index (χ1v) is 4.75. The molecule has 0 aliphatic heterocycles. The molecule has 0 radical (unpaired) electrons. The quantitative estimate of drug-likeness (QED) is 0.612. The van der Waals surface area contributed by atoms with E-state index >= 15 is 0 Å². The zero-order chi connectivity index (χ0) is 11.6. The molecule has 4 heteroatoms. The van der Waals surface area contributed by atoms with E-state index in [0.29, 0.717) is 5.56 Å². The predicted molar refractivity (Wildman–Crippen MR) is 57.2 cm³/mol. The summed E-state index contributed by atoms with van der Waals surface area (Å²) in [4.78, 5) is 10.3. The first-order valence-electron chi connectivity index (χ1n) is 4.75. The van der Waals surface area contributed by atoms with E-state index in [4.69, 9.17) is 0 Å². The van der Waals surface area contributed by atoms with Gasteiger partial charge in [-0.2, -0.15) is 0 Å². The van der Waals surface area contributed by atoms with Crippen molar-refractivity contribution in [2.75, 3.05) is 0 Å². The van der Waals surface area contributed by atoms with Gasteiger partial charge in [0.25, 0.3) is 0 Å². The highest BCUT2D eigenvalue weighted by atomic mass is 16.6. The third kappa shape index (κ3) is 2.33. The molecule has 0 heterocycles. The van der Waals surface area contributed by atoms with Crippen molar-refractivity contribution >= 4 is 0 Å². The van der Waals surface area contributed by atoms with Crippen LogP contribution in [-0.2, 0) is 0 Å². The Morgan fingerprint density at radius 2 is 1.80 bits per heavy atom. The molecule has 1 unspecified atom stereocenters. The molecule has 0 aliphatic carbocycles. The summed E-state index contributed by atoms with van der Waals surface area (Å²) in [6, 6.07) is 7.08. The van der Waals surface area contributed by atoms with E-state index in [1.807, 2.05) is 19.1 Å². The van der Waals surface area contributed by atoms with Gasteiger partial charge in [-0.15, -0.1) is 0 Å². The third-order valence-corrected chi connectivity index (χ3v) is 2.53. The van der Waals surface area contributed by atoms with Gasteiger partial charge in [-0.05, 0) is 12.5 Å². The number of aliphatic hydroxyl groups is 1. The van der Waals surface area contributed by atoms with E-state index in [0.717, 1.165) is 5.56 Å². The predicted octanol–water partition coefficient (Wildman–Crippen LogP) is 2.08. The number of benzene rings is 1. The number of hydrogen-bond donors (Lipinski definition) is 1. The standard InChI is InChI=1S/C11H15NO3/c1-8-4-6-9(7-5-8)10(13)11(2,3)12(14)15/h4-7,10,13H,1-3H3. The van der Waals surface area contributed by atoms with Crippen LogP contribution in [0.4, 0.5) is 0 Å². The Hall–Kier alpha value is -1.42. The fourth-order valence-corrected chi connectivity index (χ4v) is 1.26. The van der Waals surface area contributed by atoms with Crippen LogP contribution < -0.4 is 0 Å². The zero-order valence-corrected chi connectivity index (χ0v) is 9.10. The number of nitro groups is 1. The first-order chi connectivity index (χ1) is 6.85. The van der Waals surface area contributed by atoms with Crippen LogP contribution in [0.25, 0.3) is 0 Å². The Labute approximate surface area is 88.7 Å². The highest BCUT2D eigenvalue weighted by Crippen LogP contribution is 2.27. The average molecular weight is 209 g/mol. The van der Waals surface area contributed by atoms with Crippen LogP contribution in [0.3, 0.4) is 0 Å². The summed E-state index contributed by atoms with van der Waals surface area (Å²) < 4.78 is 0. The summed E-state index contributed by atoms with van der Waals surface area (Å²) in [5.41, 5.74) is 0.266. The molecular weight excluding hydrogens is 194 g/mol. The molecule has 1 aromatic carbocycles. The van der Waals surface area contributed by atoms with E-state index in [9.17, 15) is 15.2 Å². The van der Waals surface area contributed by atoms with E-state index in [2.05, 4.69) is 0 Å². The van der Waals surface area contributed by atoms with Crippen molar-refractivity contribution in [1.29, 1.82) is 0 Å². The maximum atomic E-state index is 10.7. The van der Waals surface area contributed by atoms with Gasteiger partial charge in [-0.3, -0.25) is 10.1 Å². The Bertz CT molecular complexity index is 357. The molecule has 1 N–H and O–H groups in total. The minimum Gasteiger partial charge on any atom is -0.381 e. The minimum atomic E-state index is -1.37. The Morgan fingerprint density at radius 1 is 1.33 bits per heavy atom. The van der Waals surface area contributed by atoms with Crippen LogP contribution in [0.15, 0.2) is 24.3 Å². The number of aliphatic hydroxyl groups excluding tert-OH is 1. The smallest absolute Gasteiger partial charge is 0.246 e. The molecule has 0 spiro atoms. The lowest BCUT2D eigenvalue weighted by molar-refractivity contribution is -0.575. The van der Waals surface area contributed by atoms with Crippen LogP contribution in [0.1, 0.15) is 31.1 Å². The summed E-state index contributed by atoms with van der Waals surface area (Å²) in [6.07, 6.45) is -1.09. The van der Waals surface area contributed by atoms with E-state index in [1.165, 1.54) is 13.8 Å². The minimum absolute atomic E-state index is 0.461. The van der Waals surface area contributed by atoms with Gasteiger partial charge in [-0.1, -0.05) is 29.8 Å². The van der Waals surface area contributed by atoms with Gasteiger partial charge in [0.15, 0.2) is 0 Å². The Balaban J connectivity index is 2.99. The highest BCUT2D eigenvalue weighted by Gasteiger charge is 2.40. The Morgan fingerprint density at radius 3 is 2.20 bits per heavy atom. The third-order valence-electron chi connectivity index (χ3n) is 2.53. The molecule has 0 aromatic heterocycles. The summed E-state index contributed by atoms with van der Waals surface area (Å²) >= 11 is 0. The van der Waals surface area contributed by atoms with Gasteiger partial charge < -0.3 is 5.11 Å². The van der Waals surface area contributed by atoms with Crippen molar-refractivity contribution in [1.82, 2.24) is 0 Å². The molecular formula is C11H15NO3. The van der Waals surface area contributed by atoms with Crippen molar-refractivity contribution in [3.8, 4) is 0 Å². The molecule has 82 valence electrons. The van der Waals surface area contributed by atoms with E-state index < -0.39 is 16.6 Å². The molecule has 0 fully saturated rings. The fourth-order valence-electron chi connectivity index (χ4n) is 1.26. The largest absolute Gasteiger partial charge is 0.381 e. The number of aryl methyl sites for hydroxylation is 1. The summed E-state index contributed by atoms with van der Waals surface area (Å²) in [5, 5.41) is 20.6. The topological polar surface area (TPSA) is 63.4 Å². The molecule has 0 saturated carbocycles. The van der Waals surface area contributed by atoms with Crippen LogP contribution in [0.5, 0.6) is 0 Å². The molecule has 15 heavy (non-hydrogen) atoms. The normalized spacial score (nSPS) is 13.6. The first kappa shape index (κ1) is 11.7. The number of nitrogens with zero attached hydrogens (tertiary/aromatic N) is 1. The maximum Gasteiger partial charge on any atom is 0.246 e. The summed E-state index contributed by atoms with van der Waals surface area (Å²) in [7, 11) is 0. The molecule has 1 atom stereocenters. The monoisotopic (exact) mass is 209 g/mol. The fraction of sp³-hybridized carbons (Fsp3) is 0.455. The highest BCUT2D eigenvalue weighted by molar-refractivity contribution is 5.24. The van der Waals surface area contributed by atoms with Crippen molar-refractivity contribution in [2.45, 2.75) is 32.4 Å². The van der Waals surface area contributed by atoms with Crippen molar-refractivity contribution < 1.29 is 10.0 Å². The molecule has 4 nitrogen and oxygen atoms in total. The molecule has 0 bridgehead atoms. The number of rotatable bonds is 3. The van der Waals surface area contributed by atoms with Gasteiger partial charge in [0.05, 0.1) is 0 Å². The van der Waals surface area contributed by atoms with Crippen LogP contribution in [0.2, 0.25) is 0 Å². The molecule has 1 aromatic rings. The van der Waals surface area contributed by atoms with Crippen LogP contribution in [0, 0.1) is 17.0 Å². The summed E-state index contributed by atoms with van der Waals surface area (Å²) in [6.45, 7) is 4.75. The van der Waals surface area contributed by atoms with Gasteiger partial charge in [0, 0.05) is 18.8 Å². The SMILES string of the molecule is Cc1ccc(C(O)C(C)(C)[N+](=O)[O-])cc1. The second-order valence-electron chi connectivity index (χ2n) is 4.22. The molecule has 0 amide bonds. The second kappa shape index (κ2) is 3.98. The van der Waals surface area contributed by atoms with E-state index in [1.54, 1.807) is 12.1 Å². The van der Waals surface area contributed by atoms with Gasteiger partial charge in [0.1, 0.15) is 6.10 Å². The lowest BCUT2D eigenvalue weighted by Gasteiger charge is -2.22.